The van der Waals surface area contributed by atoms with Crippen molar-refractivity contribution in [3.63, 3.8) is 0 Å². The molecule has 0 aliphatic rings. The van der Waals surface area contributed by atoms with Crippen LogP contribution in [-0.4, -0.2) is 21.0 Å². The van der Waals surface area contributed by atoms with Crippen LogP contribution in [0.3, 0.4) is 0 Å². The van der Waals surface area contributed by atoms with Crippen molar-refractivity contribution in [3.05, 3.63) is 102 Å². The van der Waals surface area contributed by atoms with Crippen molar-refractivity contribution in [1.82, 2.24) is 14.5 Å². The van der Waals surface area contributed by atoms with Crippen molar-refractivity contribution >= 4 is 0 Å². The van der Waals surface area contributed by atoms with Gasteiger partial charge in [0.1, 0.15) is 5.82 Å². The summed E-state index contributed by atoms with van der Waals surface area (Å²) in [6, 6.07) is 30.5. The van der Waals surface area contributed by atoms with E-state index >= 15 is 0 Å². The fraction of sp³-hybridized carbons (Fsp3) is 0.344. The maximum absolute atomic E-state index is 5.27. The number of imidazole rings is 1. The lowest BCUT2D eigenvalue weighted by molar-refractivity contribution is 0.246. The Morgan fingerprint density at radius 3 is 1.91 bits per heavy atom. The highest BCUT2D eigenvalue weighted by Crippen LogP contribution is 2.31. The topological polar surface area (TPSA) is 21.1 Å². The van der Waals surface area contributed by atoms with Crippen molar-refractivity contribution in [2.24, 2.45) is 0 Å². The summed E-state index contributed by atoms with van der Waals surface area (Å²) >= 11 is 0. The molecule has 1 aromatic heterocycles. The van der Waals surface area contributed by atoms with E-state index in [4.69, 9.17) is 4.98 Å². The van der Waals surface area contributed by atoms with Crippen molar-refractivity contribution in [3.8, 4) is 22.6 Å². The zero-order valence-corrected chi connectivity index (χ0v) is 21.6. The molecule has 0 atom stereocenters. The van der Waals surface area contributed by atoms with Crippen molar-refractivity contribution in [2.45, 2.75) is 66.1 Å². The molecule has 0 aliphatic carbocycles. The molecule has 0 fully saturated rings. The van der Waals surface area contributed by atoms with Crippen LogP contribution in [0.4, 0.5) is 0 Å². The predicted molar refractivity (Wildman–Crippen MR) is 148 cm³/mol. The molecular formula is C32H39N3. The van der Waals surface area contributed by atoms with E-state index in [2.05, 4.69) is 115 Å². The van der Waals surface area contributed by atoms with Crippen molar-refractivity contribution < 1.29 is 0 Å². The molecular weight excluding hydrogens is 426 g/mol. The van der Waals surface area contributed by atoms with Crippen molar-refractivity contribution in [2.75, 3.05) is 6.54 Å². The molecule has 0 amide bonds. The van der Waals surface area contributed by atoms with Gasteiger partial charge >= 0.3 is 0 Å². The van der Waals surface area contributed by atoms with Crippen LogP contribution in [-0.2, 0) is 26.1 Å². The van der Waals surface area contributed by atoms with Crippen LogP contribution in [0.25, 0.3) is 22.6 Å². The lowest BCUT2D eigenvalue weighted by atomic mass is 10.1. The fourth-order valence-electron chi connectivity index (χ4n) is 4.69. The van der Waals surface area contributed by atoms with Gasteiger partial charge in [-0.1, -0.05) is 112 Å². The number of rotatable bonds is 12. The minimum absolute atomic E-state index is 0.888. The van der Waals surface area contributed by atoms with Gasteiger partial charge in [-0.2, -0.15) is 0 Å². The minimum Gasteiger partial charge on any atom is -0.326 e. The van der Waals surface area contributed by atoms with Gasteiger partial charge in [-0.05, 0) is 36.9 Å². The number of aryl methyl sites for hydroxylation is 1. The summed E-state index contributed by atoms with van der Waals surface area (Å²) in [5, 5.41) is 0. The van der Waals surface area contributed by atoms with Gasteiger partial charge in [0.25, 0.3) is 0 Å². The van der Waals surface area contributed by atoms with Crippen molar-refractivity contribution in [1.29, 1.82) is 0 Å². The smallest absolute Gasteiger partial charge is 0.140 e. The highest BCUT2D eigenvalue weighted by Gasteiger charge is 2.21. The average Bonchev–Trinajstić information content (AvgIpc) is 3.26. The van der Waals surface area contributed by atoms with E-state index < -0.39 is 0 Å². The number of unbranched alkanes of at least 4 members (excludes halogenated alkanes) is 1. The van der Waals surface area contributed by atoms with Gasteiger partial charge < -0.3 is 4.57 Å². The molecule has 35 heavy (non-hydrogen) atoms. The van der Waals surface area contributed by atoms with Gasteiger partial charge in [-0.25, -0.2) is 4.98 Å². The first-order valence-corrected chi connectivity index (χ1v) is 13.2. The van der Waals surface area contributed by atoms with Crippen LogP contribution in [0.5, 0.6) is 0 Å². The highest BCUT2D eigenvalue weighted by molar-refractivity contribution is 5.68. The minimum atomic E-state index is 0.888. The van der Waals surface area contributed by atoms with Gasteiger partial charge in [0.15, 0.2) is 0 Å². The first kappa shape index (κ1) is 24.9. The van der Waals surface area contributed by atoms with Crippen LogP contribution in [0.15, 0.2) is 84.9 Å². The van der Waals surface area contributed by atoms with Crippen LogP contribution in [0, 0.1) is 0 Å². The summed E-state index contributed by atoms with van der Waals surface area (Å²) in [5.74, 6) is 1.07. The maximum Gasteiger partial charge on any atom is 0.140 e. The van der Waals surface area contributed by atoms with E-state index in [0.717, 1.165) is 50.5 Å². The summed E-state index contributed by atoms with van der Waals surface area (Å²) in [6.07, 6.45) is 4.55. The molecule has 0 bridgehead atoms. The van der Waals surface area contributed by atoms with E-state index in [1.54, 1.807) is 0 Å². The first-order valence-electron chi connectivity index (χ1n) is 13.2. The largest absolute Gasteiger partial charge is 0.326 e. The summed E-state index contributed by atoms with van der Waals surface area (Å²) in [7, 11) is 0. The third kappa shape index (κ3) is 6.29. The zero-order chi connectivity index (χ0) is 24.5. The summed E-state index contributed by atoms with van der Waals surface area (Å²) in [4.78, 5) is 7.87. The van der Waals surface area contributed by atoms with Gasteiger partial charge in [-0.15, -0.1) is 0 Å². The van der Waals surface area contributed by atoms with Crippen LogP contribution >= 0.6 is 0 Å². The number of nitrogens with zero attached hydrogens (tertiary/aromatic N) is 3. The van der Waals surface area contributed by atoms with Gasteiger partial charge in [-0.3, -0.25) is 4.90 Å². The first-order chi connectivity index (χ1) is 17.2. The van der Waals surface area contributed by atoms with Gasteiger partial charge in [0.2, 0.25) is 0 Å². The quantitative estimate of drug-likeness (QED) is 0.211. The Hall–Kier alpha value is -3.17. The van der Waals surface area contributed by atoms with Crippen LogP contribution < -0.4 is 0 Å². The standard InChI is InChI=1S/C32H39N3/c1-4-7-23-34(24-27-20-18-26(6-3)19-21-27)25-30-31(28-14-10-8-11-15-28)33-32(35(30)22-5-2)29-16-12-9-13-17-29/h8-21H,4-7,22-25H2,1-3H3. The van der Waals surface area contributed by atoms with Crippen LogP contribution in [0.1, 0.15) is 56.9 Å². The number of aromatic nitrogens is 2. The van der Waals surface area contributed by atoms with E-state index in [-0.39, 0.29) is 0 Å². The van der Waals surface area contributed by atoms with E-state index in [1.165, 1.54) is 40.8 Å². The van der Waals surface area contributed by atoms with Crippen LogP contribution in [0.2, 0.25) is 0 Å². The molecule has 0 spiro atoms. The van der Waals surface area contributed by atoms with E-state index in [9.17, 15) is 0 Å². The normalized spacial score (nSPS) is 11.3. The third-order valence-corrected chi connectivity index (χ3v) is 6.64. The number of hydrogen-bond donors (Lipinski definition) is 0. The molecule has 3 aromatic carbocycles. The number of benzene rings is 3. The zero-order valence-electron chi connectivity index (χ0n) is 21.6. The molecule has 4 aromatic rings. The van der Waals surface area contributed by atoms with E-state index in [0.29, 0.717) is 0 Å². The Labute approximate surface area is 211 Å². The third-order valence-electron chi connectivity index (χ3n) is 6.64. The summed E-state index contributed by atoms with van der Waals surface area (Å²) in [6.45, 7) is 10.6. The highest BCUT2D eigenvalue weighted by atomic mass is 15.2. The molecule has 4 rings (SSSR count). The SMILES string of the molecule is CCCCN(Cc1ccc(CC)cc1)Cc1c(-c2ccccc2)nc(-c2ccccc2)n1CCC. The molecule has 0 saturated heterocycles. The predicted octanol–water partition coefficient (Wildman–Crippen LogP) is 7.99. The molecule has 3 heteroatoms. The average molecular weight is 466 g/mol. The molecule has 0 aliphatic heterocycles. The summed E-state index contributed by atoms with van der Waals surface area (Å²) in [5.41, 5.74) is 7.58. The van der Waals surface area contributed by atoms with Gasteiger partial charge in [0, 0.05) is 30.8 Å². The molecule has 0 unspecified atom stereocenters. The lowest BCUT2D eigenvalue weighted by Gasteiger charge is -2.24. The molecule has 0 radical (unpaired) electrons. The molecule has 0 saturated carbocycles. The Morgan fingerprint density at radius 1 is 0.686 bits per heavy atom. The molecule has 3 nitrogen and oxygen atoms in total. The monoisotopic (exact) mass is 465 g/mol. The molecule has 1 heterocycles. The second-order valence-electron chi connectivity index (χ2n) is 9.35. The Morgan fingerprint density at radius 2 is 1.31 bits per heavy atom. The maximum atomic E-state index is 5.27. The van der Waals surface area contributed by atoms with E-state index in [1.807, 2.05) is 0 Å². The fourth-order valence-corrected chi connectivity index (χ4v) is 4.69. The van der Waals surface area contributed by atoms with Gasteiger partial charge in [0.05, 0.1) is 11.4 Å². The summed E-state index contributed by atoms with van der Waals surface area (Å²) < 4.78 is 2.47. The second-order valence-corrected chi connectivity index (χ2v) is 9.35. The Balaban J connectivity index is 1.76. The molecule has 182 valence electrons. The Bertz CT molecular complexity index is 1160. The Kier molecular flexibility index (Phi) is 8.91. The lowest BCUT2D eigenvalue weighted by Crippen LogP contribution is -2.26. The molecule has 0 N–H and O–H groups in total. The second kappa shape index (κ2) is 12.5. The number of hydrogen-bond acceptors (Lipinski definition) is 2.